The van der Waals surface area contributed by atoms with Crippen molar-refractivity contribution in [3.05, 3.63) is 48.5 Å². The average molecular weight is 234 g/mol. The normalized spacial score (nSPS) is 11.8. The molecule has 0 unspecified atom stereocenters. The molecule has 0 radical (unpaired) electrons. The smallest absolute Gasteiger partial charge is 0.119 e. The SMILES string of the molecule is CCn1c2ccccc2c2c3ccccc3[nH]c21. The molecule has 2 aromatic heterocycles. The topological polar surface area (TPSA) is 20.7 Å². The van der Waals surface area contributed by atoms with Crippen molar-refractivity contribution in [1.29, 1.82) is 0 Å². The lowest BCUT2D eigenvalue weighted by Crippen LogP contribution is -1.93. The third-order valence-electron chi connectivity index (χ3n) is 3.74. The number of nitrogens with one attached hydrogen (secondary N) is 1. The van der Waals surface area contributed by atoms with Crippen LogP contribution in [0.1, 0.15) is 6.92 Å². The molecule has 0 saturated heterocycles. The number of hydrogen-bond donors (Lipinski definition) is 1. The molecule has 0 aliphatic rings. The van der Waals surface area contributed by atoms with E-state index in [1.807, 2.05) is 0 Å². The molecule has 0 aliphatic carbocycles. The van der Waals surface area contributed by atoms with Crippen LogP contribution < -0.4 is 0 Å². The van der Waals surface area contributed by atoms with E-state index in [1.165, 1.54) is 32.8 Å². The summed E-state index contributed by atoms with van der Waals surface area (Å²) in [5.41, 5.74) is 3.77. The molecule has 0 fully saturated rings. The Hall–Kier alpha value is -2.22. The molecule has 0 saturated carbocycles. The Labute approximate surface area is 105 Å². The van der Waals surface area contributed by atoms with Crippen molar-refractivity contribution < 1.29 is 0 Å². The number of rotatable bonds is 1. The lowest BCUT2D eigenvalue weighted by Gasteiger charge is -2.01. The van der Waals surface area contributed by atoms with Crippen LogP contribution >= 0.6 is 0 Å². The summed E-state index contributed by atoms with van der Waals surface area (Å²) in [6, 6.07) is 17.2. The number of H-pyrrole nitrogens is 1. The lowest BCUT2D eigenvalue weighted by molar-refractivity contribution is 0.819. The predicted molar refractivity (Wildman–Crippen MR) is 77.0 cm³/mol. The Morgan fingerprint density at radius 2 is 1.67 bits per heavy atom. The molecule has 4 aromatic rings. The highest BCUT2D eigenvalue weighted by Gasteiger charge is 2.13. The molecule has 0 bridgehead atoms. The summed E-state index contributed by atoms with van der Waals surface area (Å²) in [6.45, 7) is 3.17. The van der Waals surface area contributed by atoms with Gasteiger partial charge < -0.3 is 9.55 Å². The van der Waals surface area contributed by atoms with E-state index in [0.29, 0.717) is 0 Å². The molecule has 0 amide bonds. The number of hydrogen-bond acceptors (Lipinski definition) is 0. The fraction of sp³-hybridized carbons (Fsp3) is 0.125. The van der Waals surface area contributed by atoms with Gasteiger partial charge in [0.2, 0.25) is 0 Å². The van der Waals surface area contributed by atoms with E-state index in [4.69, 9.17) is 0 Å². The van der Waals surface area contributed by atoms with Gasteiger partial charge in [0.05, 0.1) is 5.52 Å². The van der Waals surface area contributed by atoms with Crippen LogP contribution in [0.3, 0.4) is 0 Å². The van der Waals surface area contributed by atoms with Crippen LogP contribution in [0.15, 0.2) is 48.5 Å². The van der Waals surface area contributed by atoms with Crippen LogP contribution in [0.2, 0.25) is 0 Å². The maximum Gasteiger partial charge on any atom is 0.119 e. The van der Waals surface area contributed by atoms with E-state index >= 15 is 0 Å². The van der Waals surface area contributed by atoms with E-state index in [2.05, 4.69) is 65.0 Å². The summed E-state index contributed by atoms with van der Waals surface area (Å²) in [4.78, 5) is 3.55. The van der Waals surface area contributed by atoms with Crippen LogP contribution in [0.5, 0.6) is 0 Å². The number of fused-ring (bicyclic) bond motifs is 5. The van der Waals surface area contributed by atoms with Crippen molar-refractivity contribution in [2.75, 3.05) is 0 Å². The van der Waals surface area contributed by atoms with Crippen molar-refractivity contribution in [3.63, 3.8) is 0 Å². The predicted octanol–water partition coefficient (Wildman–Crippen LogP) is 4.30. The van der Waals surface area contributed by atoms with Gasteiger partial charge in [0, 0.05) is 28.2 Å². The molecule has 0 aliphatic heterocycles. The molecule has 2 heterocycles. The highest BCUT2D eigenvalue weighted by molar-refractivity contribution is 6.20. The zero-order chi connectivity index (χ0) is 12.1. The van der Waals surface area contributed by atoms with Crippen molar-refractivity contribution in [2.45, 2.75) is 13.5 Å². The molecular formula is C16H14N2. The van der Waals surface area contributed by atoms with E-state index < -0.39 is 0 Å². The number of para-hydroxylation sites is 2. The van der Waals surface area contributed by atoms with Gasteiger partial charge in [-0.15, -0.1) is 0 Å². The third kappa shape index (κ3) is 1.07. The number of benzene rings is 2. The summed E-state index contributed by atoms with van der Waals surface area (Å²) in [5.74, 6) is 0. The van der Waals surface area contributed by atoms with E-state index in [1.54, 1.807) is 0 Å². The third-order valence-corrected chi connectivity index (χ3v) is 3.74. The molecule has 2 heteroatoms. The molecule has 1 N–H and O–H groups in total. The summed E-state index contributed by atoms with van der Waals surface area (Å²) in [5, 5.41) is 4.01. The summed E-state index contributed by atoms with van der Waals surface area (Å²) < 4.78 is 2.35. The molecule has 18 heavy (non-hydrogen) atoms. The standard InChI is InChI=1S/C16H14N2/c1-2-18-14-10-6-4-8-12(14)15-11-7-3-5-9-13(11)17-16(15)18/h3-10,17H,2H2,1H3. The maximum atomic E-state index is 3.55. The molecule has 0 atom stereocenters. The summed E-state index contributed by atoms with van der Waals surface area (Å²) in [7, 11) is 0. The minimum Gasteiger partial charge on any atom is -0.341 e. The summed E-state index contributed by atoms with van der Waals surface area (Å²) in [6.07, 6.45) is 0. The van der Waals surface area contributed by atoms with Crippen molar-refractivity contribution in [1.82, 2.24) is 9.55 Å². The van der Waals surface area contributed by atoms with Crippen LogP contribution in [0, 0.1) is 0 Å². The fourth-order valence-electron chi connectivity index (χ4n) is 2.97. The lowest BCUT2D eigenvalue weighted by atomic mass is 10.1. The molecular weight excluding hydrogens is 220 g/mol. The average Bonchev–Trinajstić information content (AvgIpc) is 2.92. The molecule has 2 nitrogen and oxygen atoms in total. The van der Waals surface area contributed by atoms with Gasteiger partial charge in [0.1, 0.15) is 5.65 Å². The quantitative estimate of drug-likeness (QED) is 0.507. The first-order chi connectivity index (χ1) is 8.90. The number of aryl methyl sites for hydroxylation is 1. The summed E-state index contributed by atoms with van der Waals surface area (Å²) >= 11 is 0. The Balaban J connectivity index is 2.36. The van der Waals surface area contributed by atoms with Crippen LogP contribution in [0.4, 0.5) is 0 Å². The first kappa shape index (κ1) is 9.77. The largest absolute Gasteiger partial charge is 0.341 e. The van der Waals surface area contributed by atoms with E-state index in [9.17, 15) is 0 Å². The van der Waals surface area contributed by atoms with E-state index in [-0.39, 0.29) is 0 Å². The van der Waals surface area contributed by atoms with Crippen molar-refractivity contribution in [3.8, 4) is 0 Å². The second-order valence-electron chi connectivity index (χ2n) is 4.66. The molecule has 88 valence electrons. The van der Waals surface area contributed by atoms with Crippen LogP contribution in [-0.2, 0) is 6.54 Å². The highest BCUT2D eigenvalue weighted by atomic mass is 15.0. The van der Waals surface area contributed by atoms with Gasteiger partial charge in [-0.3, -0.25) is 0 Å². The number of nitrogens with zero attached hydrogens (tertiary/aromatic N) is 1. The van der Waals surface area contributed by atoms with Crippen molar-refractivity contribution in [2.24, 2.45) is 0 Å². The minimum absolute atomic E-state index is 0.983. The van der Waals surface area contributed by atoms with Crippen LogP contribution in [-0.4, -0.2) is 9.55 Å². The second-order valence-corrected chi connectivity index (χ2v) is 4.66. The highest BCUT2D eigenvalue weighted by Crippen LogP contribution is 2.34. The van der Waals surface area contributed by atoms with Gasteiger partial charge in [0.25, 0.3) is 0 Å². The Kier molecular flexibility index (Phi) is 1.84. The van der Waals surface area contributed by atoms with E-state index in [0.717, 1.165) is 6.54 Å². The zero-order valence-electron chi connectivity index (χ0n) is 10.3. The van der Waals surface area contributed by atoms with Gasteiger partial charge in [-0.25, -0.2) is 0 Å². The minimum atomic E-state index is 0.983. The Morgan fingerprint density at radius 3 is 2.50 bits per heavy atom. The van der Waals surface area contributed by atoms with Gasteiger partial charge >= 0.3 is 0 Å². The number of aromatic nitrogens is 2. The molecule has 2 aromatic carbocycles. The van der Waals surface area contributed by atoms with Gasteiger partial charge in [-0.05, 0) is 19.1 Å². The second kappa shape index (κ2) is 3.39. The van der Waals surface area contributed by atoms with Gasteiger partial charge in [0.15, 0.2) is 0 Å². The Morgan fingerprint density at radius 1 is 0.944 bits per heavy atom. The molecule has 0 spiro atoms. The van der Waals surface area contributed by atoms with Gasteiger partial charge in [-0.2, -0.15) is 0 Å². The maximum absolute atomic E-state index is 3.55. The fourth-order valence-corrected chi connectivity index (χ4v) is 2.97. The first-order valence-electron chi connectivity index (χ1n) is 6.38. The zero-order valence-corrected chi connectivity index (χ0v) is 10.3. The Bertz CT molecular complexity index is 865. The van der Waals surface area contributed by atoms with Crippen molar-refractivity contribution >= 4 is 32.8 Å². The molecule has 4 rings (SSSR count). The monoisotopic (exact) mass is 234 g/mol. The number of aromatic amines is 1. The first-order valence-corrected chi connectivity index (χ1v) is 6.38. The van der Waals surface area contributed by atoms with Crippen LogP contribution in [0.25, 0.3) is 32.8 Å². The van der Waals surface area contributed by atoms with Gasteiger partial charge in [-0.1, -0.05) is 36.4 Å².